The van der Waals surface area contributed by atoms with Crippen LogP contribution in [0.25, 0.3) is 16.6 Å². The molecule has 3 nitrogen and oxygen atoms in total. The first kappa shape index (κ1) is 13.6. The summed E-state index contributed by atoms with van der Waals surface area (Å²) in [6.45, 7) is 0.272. The zero-order valence-electron chi connectivity index (χ0n) is 10.9. The summed E-state index contributed by atoms with van der Waals surface area (Å²) in [7, 11) is 0. The van der Waals surface area contributed by atoms with Crippen LogP contribution in [0.1, 0.15) is 11.3 Å². The van der Waals surface area contributed by atoms with Crippen molar-refractivity contribution in [2.75, 3.05) is 0 Å². The number of benzene rings is 2. The van der Waals surface area contributed by atoms with E-state index in [2.05, 4.69) is 5.10 Å². The lowest BCUT2D eigenvalue weighted by Crippen LogP contribution is -2.05. The van der Waals surface area contributed by atoms with Gasteiger partial charge in [-0.05, 0) is 30.3 Å². The molecule has 21 heavy (non-hydrogen) atoms. The van der Waals surface area contributed by atoms with Crippen molar-refractivity contribution in [3.05, 3.63) is 59.8 Å². The molecule has 2 N–H and O–H groups in total. The Morgan fingerprint density at radius 2 is 1.67 bits per heavy atom. The van der Waals surface area contributed by atoms with Gasteiger partial charge in [0.2, 0.25) is 0 Å². The van der Waals surface area contributed by atoms with Gasteiger partial charge < -0.3 is 5.73 Å². The van der Waals surface area contributed by atoms with E-state index in [1.807, 2.05) is 24.3 Å². The molecular weight excluding hydrogens is 279 g/mol. The highest BCUT2D eigenvalue weighted by atomic mass is 19.4. The summed E-state index contributed by atoms with van der Waals surface area (Å²) in [4.78, 5) is 0. The second-order valence-electron chi connectivity index (χ2n) is 4.62. The van der Waals surface area contributed by atoms with E-state index in [9.17, 15) is 13.2 Å². The molecule has 0 bridgehead atoms. The first-order valence-electron chi connectivity index (χ1n) is 6.35. The summed E-state index contributed by atoms with van der Waals surface area (Å²) < 4.78 is 39.4. The smallest absolute Gasteiger partial charge is 0.325 e. The SMILES string of the molecule is NCc1nn(-c2ccc(C(F)(F)F)cc2)c2ccccc12. The Labute approximate surface area is 118 Å². The number of nitrogens with zero attached hydrogens (tertiary/aromatic N) is 2. The van der Waals surface area contributed by atoms with Gasteiger partial charge >= 0.3 is 6.18 Å². The van der Waals surface area contributed by atoms with Gasteiger partial charge in [-0.1, -0.05) is 18.2 Å². The molecule has 0 aliphatic rings. The summed E-state index contributed by atoms with van der Waals surface area (Å²) >= 11 is 0. The molecule has 1 heterocycles. The van der Waals surface area contributed by atoms with E-state index in [0.717, 1.165) is 23.0 Å². The fourth-order valence-electron chi connectivity index (χ4n) is 2.27. The van der Waals surface area contributed by atoms with Crippen molar-refractivity contribution in [1.82, 2.24) is 9.78 Å². The average molecular weight is 291 g/mol. The van der Waals surface area contributed by atoms with Crippen molar-refractivity contribution in [2.24, 2.45) is 5.73 Å². The van der Waals surface area contributed by atoms with Gasteiger partial charge in [0.25, 0.3) is 0 Å². The first-order valence-corrected chi connectivity index (χ1v) is 6.35. The van der Waals surface area contributed by atoms with Gasteiger partial charge in [-0.2, -0.15) is 18.3 Å². The monoisotopic (exact) mass is 291 g/mol. The number of nitrogens with two attached hydrogens (primary N) is 1. The van der Waals surface area contributed by atoms with Crippen LogP contribution < -0.4 is 5.73 Å². The molecule has 0 radical (unpaired) electrons. The maximum atomic E-state index is 12.6. The van der Waals surface area contributed by atoms with E-state index in [4.69, 9.17) is 5.73 Å². The van der Waals surface area contributed by atoms with Gasteiger partial charge in [-0.25, -0.2) is 4.68 Å². The van der Waals surface area contributed by atoms with Crippen LogP contribution >= 0.6 is 0 Å². The average Bonchev–Trinajstić information content (AvgIpc) is 2.85. The highest BCUT2D eigenvalue weighted by molar-refractivity contribution is 5.83. The zero-order valence-corrected chi connectivity index (χ0v) is 10.9. The third-order valence-corrected chi connectivity index (χ3v) is 3.30. The number of hydrogen-bond acceptors (Lipinski definition) is 2. The van der Waals surface area contributed by atoms with Crippen LogP contribution in [-0.4, -0.2) is 9.78 Å². The van der Waals surface area contributed by atoms with Crippen LogP contribution in [-0.2, 0) is 12.7 Å². The second-order valence-corrected chi connectivity index (χ2v) is 4.62. The molecule has 1 aromatic heterocycles. The number of halogens is 3. The lowest BCUT2D eigenvalue weighted by molar-refractivity contribution is -0.137. The normalized spacial score (nSPS) is 12.0. The largest absolute Gasteiger partial charge is 0.416 e. The fraction of sp³-hybridized carbons (Fsp3) is 0.133. The molecular formula is C15H12F3N3. The van der Waals surface area contributed by atoms with E-state index in [-0.39, 0.29) is 6.54 Å². The third-order valence-electron chi connectivity index (χ3n) is 3.30. The molecule has 0 fully saturated rings. The quantitative estimate of drug-likeness (QED) is 0.785. The molecule has 3 aromatic rings. The van der Waals surface area contributed by atoms with Crippen molar-refractivity contribution < 1.29 is 13.2 Å². The summed E-state index contributed by atoms with van der Waals surface area (Å²) in [6, 6.07) is 12.4. The van der Waals surface area contributed by atoms with E-state index >= 15 is 0 Å². The Morgan fingerprint density at radius 1 is 1.00 bits per heavy atom. The molecule has 0 amide bonds. The maximum absolute atomic E-state index is 12.6. The lowest BCUT2D eigenvalue weighted by Gasteiger charge is -2.08. The minimum absolute atomic E-state index is 0.272. The molecule has 0 aliphatic carbocycles. The van der Waals surface area contributed by atoms with Crippen LogP contribution in [0.5, 0.6) is 0 Å². The molecule has 0 saturated heterocycles. The number of aromatic nitrogens is 2. The van der Waals surface area contributed by atoms with Gasteiger partial charge in [0.1, 0.15) is 0 Å². The predicted molar refractivity (Wildman–Crippen MR) is 74.0 cm³/mol. The van der Waals surface area contributed by atoms with Crippen LogP contribution in [0, 0.1) is 0 Å². The molecule has 0 unspecified atom stereocenters. The van der Waals surface area contributed by atoms with Crippen molar-refractivity contribution in [2.45, 2.75) is 12.7 Å². The van der Waals surface area contributed by atoms with Gasteiger partial charge in [0.05, 0.1) is 22.5 Å². The van der Waals surface area contributed by atoms with E-state index in [0.29, 0.717) is 11.4 Å². The summed E-state index contributed by atoms with van der Waals surface area (Å²) in [6.07, 6.45) is -4.34. The number of alkyl halides is 3. The lowest BCUT2D eigenvalue weighted by atomic mass is 10.2. The third kappa shape index (κ3) is 2.38. The Hall–Kier alpha value is -2.34. The molecule has 0 saturated carbocycles. The minimum Gasteiger partial charge on any atom is -0.325 e. The van der Waals surface area contributed by atoms with Crippen molar-refractivity contribution >= 4 is 10.9 Å². The Morgan fingerprint density at radius 3 is 2.29 bits per heavy atom. The molecule has 0 atom stereocenters. The predicted octanol–water partition coefficient (Wildman–Crippen LogP) is 3.50. The minimum atomic E-state index is -4.34. The highest BCUT2D eigenvalue weighted by Crippen LogP contribution is 2.30. The van der Waals surface area contributed by atoms with E-state index < -0.39 is 11.7 Å². The number of hydrogen-bond donors (Lipinski definition) is 1. The molecule has 0 spiro atoms. The molecule has 0 aliphatic heterocycles. The molecule has 3 rings (SSSR count). The van der Waals surface area contributed by atoms with Crippen LogP contribution in [0.3, 0.4) is 0 Å². The van der Waals surface area contributed by atoms with E-state index in [1.165, 1.54) is 12.1 Å². The Bertz CT molecular complexity index is 773. The van der Waals surface area contributed by atoms with Gasteiger partial charge in [-0.3, -0.25) is 0 Å². The van der Waals surface area contributed by atoms with Crippen molar-refractivity contribution in [3.63, 3.8) is 0 Å². The topological polar surface area (TPSA) is 43.8 Å². The summed E-state index contributed by atoms with van der Waals surface area (Å²) in [5, 5.41) is 5.28. The fourth-order valence-corrected chi connectivity index (χ4v) is 2.27. The molecule has 108 valence electrons. The molecule has 6 heteroatoms. The Kier molecular flexibility index (Phi) is 3.17. The van der Waals surface area contributed by atoms with Gasteiger partial charge in [0.15, 0.2) is 0 Å². The van der Waals surface area contributed by atoms with E-state index in [1.54, 1.807) is 4.68 Å². The standard InChI is InChI=1S/C15H12F3N3/c16-15(17,18)10-5-7-11(8-6-10)21-14-4-2-1-3-12(14)13(9-19)20-21/h1-8H,9,19H2. The second kappa shape index (κ2) is 4.89. The number of para-hydroxylation sites is 1. The number of fused-ring (bicyclic) bond motifs is 1. The number of rotatable bonds is 2. The first-order chi connectivity index (χ1) is 10.0. The maximum Gasteiger partial charge on any atom is 0.416 e. The van der Waals surface area contributed by atoms with Crippen molar-refractivity contribution in [3.8, 4) is 5.69 Å². The highest BCUT2D eigenvalue weighted by Gasteiger charge is 2.30. The summed E-state index contributed by atoms with van der Waals surface area (Å²) in [5.41, 5.74) is 7.08. The van der Waals surface area contributed by atoms with Gasteiger partial charge in [-0.15, -0.1) is 0 Å². The summed E-state index contributed by atoms with van der Waals surface area (Å²) in [5.74, 6) is 0. The van der Waals surface area contributed by atoms with Crippen LogP contribution in [0.4, 0.5) is 13.2 Å². The Balaban J connectivity index is 2.12. The van der Waals surface area contributed by atoms with Crippen LogP contribution in [0.15, 0.2) is 48.5 Å². The van der Waals surface area contributed by atoms with Gasteiger partial charge in [0, 0.05) is 11.9 Å². The van der Waals surface area contributed by atoms with Crippen molar-refractivity contribution in [1.29, 1.82) is 0 Å². The van der Waals surface area contributed by atoms with Crippen LogP contribution in [0.2, 0.25) is 0 Å². The molecule has 2 aromatic carbocycles. The zero-order chi connectivity index (χ0) is 15.0.